The van der Waals surface area contributed by atoms with Crippen molar-refractivity contribution in [3.8, 4) is 0 Å². The summed E-state index contributed by atoms with van der Waals surface area (Å²) in [5.41, 5.74) is -4.77. The fourth-order valence-corrected chi connectivity index (χ4v) is 8.56. The number of aliphatic hydroxyl groups is 1. The summed E-state index contributed by atoms with van der Waals surface area (Å²) < 4.78 is 308. The Morgan fingerprint density at radius 2 is 0.836 bits per heavy atom. The van der Waals surface area contributed by atoms with Gasteiger partial charge in [-0.15, -0.1) is 0 Å². The SMILES string of the molecule is O=S(=O)(O)OCC1OC(COS(=O)(=O)O)(C2(OS(=O)(=O)O)OC(CO)C(OS(=O)(=O)O)C(OS(=O)(=O)O)C2OS(=O)(=O)O)C(OS(=O)(=O)O)C1OS(=O)(=O)O. The topological polar surface area (TPSA) is 547 Å². The van der Waals surface area contributed by atoms with Crippen LogP contribution in [0, 0.1) is 0 Å². The summed E-state index contributed by atoms with van der Waals surface area (Å²) >= 11 is 0. The highest BCUT2D eigenvalue weighted by Crippen LogP contribution is 2.53. The summed E-state index contributed by atoms with van der Waals surface area (Å²) in [4.78, 5) is 0. The van der Waals surface area contributed by atoms with E-state index >= 15 is 0 Å². The molecule has 2 aliphatic heterocycles. The van der Waals surface area contributed by atoms with E-state index in [9.17, 15) is 104 Å². The third-order valence-corrected chi connectivity index (χ3v) is 9.73. The standard InChI is InChI=1S/C12H22O35S8/c13-1-4-6(42-50(20,21)22)8(44-52(26,27)28)10(46-54(32,33)34)12(41-4,47-55(35,36)37)11(3-39-49(17,18)19)9(45-53(29,30)31)7(43-51(23,24)25)5(40-11)2-38-48(14,15)16/h4-10,13H,1-3H2,(H,14,15,16)(H,17,18,19)(H,20,21,22)(H,23,24,25)(H,26,27,28)(H,29,30,31)(H,32,33,34)(H,35,36,37). The number of hydrogen-bond donors (Lipinski definition) is 9. The maximum atomic E-state index is 12.4. The molecule has 0 bridgehead atoms. The van der Waals surface area contributed by atoms with Gasteiger partial charge in [-0.25, -0.2) is 33.5 Å². The lowest BCUT2D eigenvalue weighted by molar-refractivity contribution is -0.394. The van der Waals surface area contributed by atoms with E-state index in [0.717, 1.165) is 0 Å². The Morgan fingerprint density at radius 3 is 1.22 bits per heavy atom. The molecule has 9 atom stereocenters. The van der Waals surface area contributed by atoms with Gasteiger partial charge in [-0.05, 0) is 0 Å². The molecule has 0 radical (unpaired) electrons. The molecular weight excluding hydrogens is 961 g/mol. The van der Waals surface area contributed by atoms with Gasteiger partial charge >= 0.3 is 83.2 Å². The van der Waals surface area contributed by atoms with Crippen molar-refractivity contribution in [3.63, 3.8) is 0 Å². The van der Waals surface area contributed by atoms with Crippen molar-refractivity contribution in [3.05, 3.63) is 0 Å². The number of rotatable bonds is 20. The van der Waals surface area contributed by atoms with E-state index in [1.807, 2.05) is 0 Å². The lowest BCUT2D eigenvalue weighted by atomic mass is 9.78. The van der Waals surface area contributed by atoms with Crippen molar-refractivity contribution < 1.29 is 152 Å². The number of ether oxygens (including phenoxy) is 2. The predicted octanol–water partition coefficient (Wildman–Crippen LogP) is -7.39. The van der Waals surface area contributed by atoms with E-state index in [2.05, 4.69) is 33.5 Å². The summed E-state index contributed by atoms with van der Waals surface area (Å²) in [6.45, 7) is -7.10. The van der Waals surface area contributed by atoms with Gasteiger partial charge in [0.25, 0.3) is 5.79 Å². The van der Waals surface area contributed by atoms with E-state index in [4.69, 9.17) is 14.0 Å². The predicted molar refractivity (Wildman–Crippen MR) is 152 cm³/mol. The monoisotopic (exact) mass is 982 g/mol. The molecule has 0 aromatic heterocycles. The van der Waals surface area contributed by atoms with E-state index in [1.165, 1.54) is 0 Å². The smallest absolute Gasteiger partial charge is 0.394 e. The van der Waals surface area contributed by atoms with Crippen LogP contribution in [0.2, 0.25) is 0 Å². The summed E-state index contributed by atoms with van der Waals surface area (Å²) in [5.74, 6) is -5.16. The fraction of sp³-hybridized carbons (Fsp3) is 1.00. The molecule has 0 aromatic carbocycles. The zero-order chi connectivity index (χ0) is 43.2. The average Bonchev–Trinajstić information content (AvgIpc) is 3.16. The van der Waals surface area contributed by atoms with Crippen molar-refractivity contribution in [2.24, 2.45) is 0 Å². The molecule has 328 valence electrons. The summed E-state index contributed by atoms with van der Waals surface area (Å²) in [6.07, 6.45) is -25.5. The first kappa shape index (κ1) is 50.0. The highest BCUT2D eigenvalue weighted by Gasteiger charge is 2.79. The van der Waals surface area contributed by atoms with Crippen LogP contribution in [0.3, 0.4) is 0 Å². The Hall–Kier alpha value is -1.16. The molecule has 2 heterocycles. The van der Waals surface area contributed by atoms with Crippen LogP contribution < -0.4 is 0 Å². The van der Waals surface area contributed by atoms with Gasteiger partial charge in [-0.2, -0.15) is 67.3 Å². The van der Waals surface area contributed by atoms with Gasteiger partial charge in [-0.3, -0.25) is 36.4 Å². The minimum atomic E-state index is -6.85. The Morgan fingerprint density at radius 1 is 0.436 bits per heavy atom. The Kier molecular flexibility index (Phi) is 15.0. The van der Waals surface area contributed by atoms with Crippen molar-refractivity contribution in [1.29, 1.82) is 0 Å². The zero-order valence-electron chi connectivity index (χ0n) is 25.1. The van der Waals surface area contributed by atoms with E-state index in [1.54, 1.807) is 0 Å². The third-order valence-electron chi connectivity index (χ3n) is 6.13. The van der Waals surface area contributed by atoms with E-state index in [-0.39, 0.29) is 0 Å². The highest BCUT2D eigenvalue weighted by molar-refractivity contribution is 7.82. The van der Waals surface area contributed by atoms with E-state index in [0.29, 0.717) is 0 Å². The van der Waals surface area contributed by atoms with E-state index < -0.39 is 157 Å². The first-order chi connectivity index (χ1) is 24.1. The molecule has 2 saturated heterocycles. The summed E-state index contributed by atoms with van der Waals surface area (Å²) in [5, 5.41) is 10.0. The molecule has 0 saturated carbocycles. The van der Waals surface area contributed by atoms with Crippen LogP contribution in [-0.4, -0.2) is 183 Å². The molecule has 2 aliphatic rings. The lowest BCUT2D eigenvalue weighted by Gasteiger charge is -2.55. The molecule has 9 unspecified atom stereocenters. The molecular formula is C12H22O35S8. The highest BCUT2D eigenvalue weighted by atomic mass is 32.3. The summed E-state index contributed by atoms with van der Waals surface area (Å²) in [7, 11) is -51.2. The maximum Gasteiger partial charge on any atom is 0.400 e. The second kappa shape index (κ2) is 16.5. The molecule has 0 amide bonds. The molecule has 9 N–H and O–H groups in total. The quantitative estimate of drug-likeness (QED) is 0.0512. The van der Waals surface area contributed by atoms with Gasteiger partial charge in [0.15, 0.2) is 11.7 Å². The Bertz CT molecular complexity index is 2310. The molecule has 35 nitrogen and oxygen atoms in total. The van der Waals surface area contributed by atoms with Crippen molar-refractivity contribution in [2.75, 3.05) is 19.8 Å². The molecule has 0 aromatic rings. The first-order valence-corrected chi connectivity index (χ1v) is 23.2. The van der Waals surface area contributed by atoms with Crippen LogP contribution in [0.4, 0.5) is 0 Å². The van der Waals surface area contributed by atoms with Gasteiger partial charge in [0.1, 0.15) is 43.2 Å². The number of aliphatic hydroxyl groups excluding tert-OH is 1. The van der Waals surface area contributed by atoms with Crippen molar-refractivity contribution in [1.82, 2.24) is 0 Å². The largest absolute Gasteiger partial charge is 0.400 e. The Balaban J connectivity index is 3.49. The second-order valence-electron chi connectivity index (χ2n) is 9.82. The summed E-state index contributed by atoms with van der Waals surface area (Å²) in [6, 6.07) is 0. The molecule has 2 fully saturated rings. The van der Waals surface area contributed by atoms with Gasteiger partial charge in [0, 0.05) is 0 Å². The maximum absolute atomic E-state index is 12.4. The van der Waals surface area contributed by atoms with Gasteiger partial charge in [0.2, 0.25) is 0 Å². The first-order valence-electron chi connectivity index (χ1n) is 12.3. The molecule has 43 heteroatoms. The third kappa shape index (κ3) is 14.9. The second-order valence-corrected chi connectivity index (χ2v) is 18.3. The minimum absolute atomic E-state index is 2.14. The van der Waals surface area contributed by atoms with Crippen LogP contribution in [0.15, 0.2) is 0 Å². The van der Waals surface area contributed by atoms with Crippen LogP contribution in [0.5, 0.6) is 0 Å². The Labute approximate surface area is 307 Å². The van der Waals surface area contributed by atoms with Crippen LogP contribution in [0.1, 0.15) is 0 Å². The van der Waals surface area contributed by atoms with Crippen LogP contribution >= 0.6 is 0 Å². The van der Waals surface area contributed by atoms with Gasteiger partial charge in [0.05, 0.1) is 13.2 Å². The normalized spacial score (nSPS) is 32.1. The van der Waals surface area contributed by atoms with Crippen LogP contribution in [-0.2, 0) is 126 Å². The van der Waals surface area contributed by atoms with Crippen LogP contribution in [0.25, 0.3) is 0 Å². The molecule has 0 aliphatic carbocycles. The average molecular weight is 983 g/mol. The lowest BCUT2D eigenvalue weighted by Crippen LogP contribution is -2.80. The van der Waals surface area contributed by atoms with Crippen molar-refractivity contribution in [2.45, 2.75) is 54.1 Å². The molecule has 0 spiro atoms. The van der Waals surface area contributed by atoms with Gasteiger partial charge < -0.3 is 14.6 Å². The van der Waals surface area contributed by atoms with Crippen molar-refractivity contribution >= 4 is 83.2 Å². The minimum Gasteiger partial charge on any atom is -0.394 e. The molecule has 55 heavy (non-hydrogen) atoms. The molecule has 2 rings (SSSR count). The number of hydrogen-bond acceptors (Lipinski definition) is 27. The fourth-order valence-electron chi connectivity index (χ4n) is 4.81. The van der Waals surface area contributed by atoms with Gasteiger partial charge in [-0.1, -0.05) is 0 Å². The zero-order valence-corrected chi connectivity index (χ0v) is 31.6.